The van der Waals surface area contributed by atoms with E-state index in [1.54, 1.807) is 54.2 Å². The van der Waals surface area contributed by atoms with Gasteiger partial charge in [0.15, 0.2) is 5.13 Å². The van der Waals surface area contributed by atoms with E-state index in [4.69, 9.17) is 0 Å². The van der Waals surface area contributed by atoms with Crippen molar-refractivity contribution in [1.82, 2.24) is 14.5 Å². The fourth-order valence-corrected chi connectivity index (χ4v) is 6.44. The number of sulfonamides is 1. The van der Waals surface area contributed by atoms with Crippen molar-refractivity contribution in [2.45, 2.75) is 30.8 Å². The van der Waals surface area contributed by atoms with Gasteiger partial charge in [-0.2, -0.15) is 0 Å². The minimum Gasteiger partial charge on any atom is -0.368 e. The van der Waals surface area contributed by atoms with Gasteiger partial charge in [-0.1, -0.05) is 6.07 Å². The van der Waals surface area contributed by atoms with Gasteiger partial charge in [0.25, 0.3) is 10.0 Å². The predicted molar refractivity (Wildman–Crippen MR) is 139 cm³/mol. The van der Waals surface area contributed by atoms with Crippen molar-refractivity contribution in [2.75, 3.05) is 29.3 Å². The largest absolute Gasteiger partial charge is 0.368 e. The van der Waals surface area contributed by atoms with Crippen LogP contribution in [-0.4, -0.2) is 54.5 Å². The summed E-state index contributed by atoms with van der Waals surface area (Å²) in [4.78, 5) is 21.5. The van der Waals surface area contributed by atoms with Crippen LogP contribution in [0.1, 0.15) is 19.9 Å². The van der Waals surface area contributed by atoms with E-state index >= 15 is 0 Å². The predicted octanol–water partition coefficient (Wildman–Crippen LogP) is 4.34. The van der Waals surface area contributed by atoms with Gasteiger partial charge in [-0.05, 0) is 56.3 Å². The number of nitrogens with one attached hydrogen (secondary N) is 1. The van der Waals surface area contributed by atoms with Crippen molar-refractivity contribution in [1.29, 1.82) is 0 Å². The Morgan fingerprint density at radius 1 is 1.17 bits per heavy atom. The van der Waals surface area contributed by atoms with E-state index in [0.29, 0.717) is 35.7 Å². The lowest BCUT2D eigenvalue weighted by atomic mass is 10.1. The Morgan fingerprint density at radius 2 is 1.94 bits per heavy atom. The number of amides is 1. The highest BCUT2D eigenvalue weighted by Crippen LogP contribution is 2.27. The molecule has 0 bridgehead atoms. The maximum Gasteiger partial charge on any atom is 0.263 e. The number of halogens is 1. The average molecular weight is 528 g/mol. The van der Waals surface area contributed by atoms with E-state index in [1.165, 1.54) is 17.4 Å². The maximum absolute atomic E-state index is 14.1. The van der Waals surface area contributed by atoms with Crippen molar-refractivity contribution in [3.63, 3.8) is 0 Å². The van der Waals surface area contributed by atoms with Gasteiger partial charge in [0.2, 0.25) is 5.91 Å². The molecule has 5 rings (SSSR count). The number of piperazine rings is 1. The van der Waals surface area contributed by atoms with Crippen LogP contribution in [0.4, 0.5) is 15.2 Å². The molecule has 1 saturated heterocycles. The van der Waals surface area contributed by atoms with Crippen LogP contribution in [0.2, 0.25) is 0 Å². The second-order valence-electron chi connectivity index (χ2n) is 8.83. The number of carbonyl (C=O) groups excluding carboxylic acids is 1. The second-order valence-corrected chi connectivity index (χ2v) is 11.4. The van der Waals surface area contributed by atoms with Crippen molar-refractivity contribution in [3.05, 3.63) is 72.1 Å². The molecule has 1 N–H and O–H groups in total. The number of benzene rings is 2. The van der Waals surface area contributed by atoms with Crippen molar-refractivity contribution in [2.24, 2.45) is 0 Å². The smallest absolute Gasteiger partial charge is 0.263 e. The van der Waals surface area contributed by atoms with E-state index in [9.17, 15) is 17.6 Å². The van der Waals surface area contributed by atoms with Crippen molar-refractivity contribution >= 4 is 49.0 Å². The van der Waals surface area contributed by atoms with E-state index in [-0.39, 0.29) is 22.7 Å². The standard InChI is InChI=1S/C25H26FN5O3S2/c1-17-16-29(19-6-8-20(9-7-19)36(33,34)28-25-27-11-15-35-25)13-14-30(17)24(32)18(2)31-12-10-21-22(26)4-3-5-23(21)31/h3-12,15,17-18H,13-14,16H2,1-2H3,(H,27,28)/t17-,18-/m0/s1. The molecule has 3 heterocycles. The number of rotatable bonds is 6. The molecule has 36 heavy (non-hydrogen) atoms. The summed E-state index contributed by atoms with van der Waals surface area (Å²) in [5.74, 6) is -0.315. The minimum absolute atomic E-state index is 0.0152. The van der Waals surface area contributed by atoms with E-state index in [0.717, 1.165) is 5.69 Å². The van der Waals surface area contributed by atoms with Crippen LogP contribution >= 0.6 is 11.3 Å². The lowest BCUT2D eigenvalue weighted by Crippen LogP contribution is -2.55. The second kappa shape index (κ2) is 9.55. The molecule has 4 aromatic rings. The van der Waals surface area contributed by atoms with Crippen LogP contribution in [0.25, 0.3) is 10.9 Å². The van der Waals surface area contributed by atoms with Gasteiger partial charge in [-0.25, -0.2) is 17.8 Å². The Balaban J connectivity index is 1.26. The first-order valence-corrected chi connectivity index (χ1v) is 13.9. The summed E-state index contributed by atoms with van der Waals surface area (Å²) in [6.07, 6.45) is 3.30. The zero-order valence-corrected chi connectivity index (χ0v) is 21.5. The number of nitrogens with zero attached hydrogens (tertiary/aromatic N) is 4. The van der Waals surface area contributed by atoms with Gasteiger partial charge in [0.1, 0.15) is 11.9 Å². The van der Waals surface area contributed by atoms with Gasteiger partial charge in [0, 0.05) is 54.5 Å². The maximum atomic E-state index is 14.1. The highest BCUT2D eigenvalue weighted by atomic mass is 32.2. The number of fused-ring (bicyclic) bond motifs is 1. The Bertz CT molecular complexity index is 1490. The lowest BCUT2D eigenvalue weighted by molar-refractivity contribution is -0.136. The monoisotopic (exact) mass is 527 g/mol. The summed E-state index contributed by atoms with van der Waals surface area (Å²) < 4.78 is 43.6. The van der Waals surface area contributed by atoms with Crippen LogP contribution in [0.3, 0.4) is 0 Å². The van der Waals surface area contributed by atoms with Gasteiger partial charge in [-0.15, -0.1) is 11.3 Å². The molecular weight excluding hydrogens is 501 g/mol. The van der Waals surface area contributed by atoms with E-state index in [2.05, 4.69) is 14.6 Å². The number of hydrogen-bond acceptors (Lipinski definition) is 6. The van der Waals surface area contributed by atoms with Crippen LogP contribution < -0.4 is 9.62 Å². The summed E-state index contributed by atoms with van der Waals surface area (Å²) in [5.41, 5.74) is 1.59. The van der Waals surface area contributed by atoms with Gasteiger partial charge in [0.05, 0.1) is 10.4 Å². The summed E-state index contributed by atoms with van der Waals surface area (Å²) in [6, 6.07) is 12.8. The first-order chi connectivity index (χ1) is 17.2. The third-order valence-corrected chi connectivity index (χ3v) is 8.73. The molecular formula is C25H26FN5O3S2. The molecule has 1 aliphatic heterocycles. The Kier molecular flexibility index (Phi) is 6.44. The van der Waals surface area contributed by atoms with Gasteiger partial charge >= 0.3 is 0 Å². The molecule has 0 radical (unpaired) electrons. The summed E-state index contributed by atoms with van der Waals surface area (Å²) >= 11 is 1.22. The molecule has 0 unspecified atom stereocenters. The molecule has 2 aromatic carbocycles. The topological polar surface area (TPSA) is 87.5 Å². The zero-order chi connectivity index (χ0) is 25.4. The molecule has 1 amide bonds. The van der Waals surface area contributed by atoms with E-state index in [1.807, 2.05) is 29.4 Å². The fourth-order valence-electron chi connectivity index (χ4n) is 4.65. The molecule has 2 aromatic heterocycles. The number of hydrogen-bond donors (Lipinski definition) is 1. The molecule has 188 valence electrons. The van der Waals surface area contributed by atoms with Gasteiger partial charge in [-0.3, -0.25) is 9.52 Å². The molecule has 0 saturated carbocycles. The molecule has 1 fully saturated rings. The SMILES string of the molecule is C[C@H]1CN(c2ccc(S(=O)(=O)Nc3nccs3)cc2)CCN1C(=O)[C@H](C)n1ccc2c(F)cccc21. The highest BCUT2D eigenvalue weighted by Gasteiger charge is 2.31. The zero-order valence-electron chi connectivity index (χ0n) is 19.8. The normalized spacial score (nSPS) is 17.4. The summed E-state index contributed by atoms with van der Waals surface area (Å²) in [6.45, 7) is 5.60. The van der Waals surface area contributed by atoms with E-state index < -0.39 is 16.1 Å². The molecule has 1 aliphatic rings. The molecule has 0 aliphatic carbocycles. The Morgan fingerprint density at radius 3 is 2.64 bits per heavy atom. The van der Waals surface area contributed by atoms with Crippen LogP contribution in [0.5, 0.6) is 0 Å². The number of aromatic nitrogens is 2. The van der Waals surface area contributed by atoms with Crippen LogP contribution in [-0.2, 0) is 14.8 Å². The number of carbonyl (C=O) groups is 1. The van der Waals surface area contributed by atoms with Crippen molar-refractivity contribution in [3.8, 4) is 0 Å². The fraction of sp³-hybridized carbons (Fsp3) is 0.280. The Labute approximate surface area is 213 Å². The summed E-state index contributed by atoms with van der Waals surface area (Å²) in [5, 5.41) is 2.52. The van der Waals surface area contributed by atoms with Crippen molar-refractivity contribution < 1.29 is 17.6 Å². The van der Waals surface area contributed by atoms with Crippen LogP contribution in [0, 0.1) is 5.82 Å². The third-order valence-electron chi connectivity index (χ3n) is 6.56. The van der Waals surface area contributed by atoms with Crippen LogP contribution in [0.15, 0.2) is 71.2 Å². The minimum atomic E-state index is -3.71. The Hall–Kier alpha value is -3.44. The van der Waals surface area contributed by atoms with Gasteiger partial charge < -0.3 is 14.4 Å². The average Bonchev–Trinajstić information content (AvgIpc) is 3.53. The molecule has 11 heteroatoms. The first kappa shape index (κ1) is 24.3. The summed E-state index contributed by atoms with van der Waals surface area (Å²) in [7, 11) is -3.71. The third kappa shape index (κ3) is 4.56. The quantitative estimate of drug-likeness (QED) is 0.403. The lowest BCUT2D eigenvalue weighted by Gasteiger charge is -2.42. The first-order valence-electron chi connectivity index (χ1n) is 11.6. The molecule has 0 spiro atoms. The molecule has 2 atom stereocenters. The highest BCUT2D eigenvalue weighted by molar-refractivity contribution is 7.93. The molecule has 8 nitrogen and oxygen atoms in total. The number of thiazole rings is 1. The number of anilines is 2.